The summed E-state index contributed by atoms with van der Waals surface area (Å²) in [6.07, 6.45) is 10.9. The quantitative estimate of drug-likeness (QED) is 0.431. The molecule has 0 N–H and O–H groups in total. The summed E-state index contributed by atoms with van der Waals surface area (Å²) >= 11 is 0. The topological polar surface area (TPSA) is 20.3 Å². The molecule has 88 valence electrons. The Morgan fingerprint density at radius 1 is 1.20 bits per heavy atom. The highest BCUT2D eigenvalue weighted by molar-refractivity contribution is 5.49. The molecule has 0 spiro atoms. The second-order valence-electron chi connectivity index (χ2n) is 4.64. The minimum atomic E-state index is 0.695. The Bertz CT molecular complexity index is 166. The fourth-order valence-corrected chi connectivity index (χ4v) is 2.28. The van der Waals surface area contributed by atoms with Gasteiger partial charge in [-0.3, -0.25) is 0 Å². The first-order chi connectivity index (χ1) is 7.38. The molecule has 1 aliphatic rings. The van der Waals surface area contributed by atoms with E-state index in [-0.39, 0.29) is 0 Å². The van der Waals surface area contributed by atoms with E-state index in [2.05, 4.69) is 11.8 Å². The summed E-state index contributed by atoms with van der Waals surface area (Å²) in [5, 5.41) is 0. The molecule has 1 atom stereocenters. The number of nitrogens with zero attached hydrogens (tertiary/aromatic N) is 1. The van der Waals surface area contributed by atoms with Crippen molar-refractivity contribution in [2.45, 2.75) is 64.3 Å². The lowest BCUT2D eigenvalue weighted by molar-refractivity contribution is -0.108. The number of carbonyl (C=O) groups excluding carboxylic acids is 1. The summed E-state index contributed by atoms with van der Waals surface area (Å²) in [5.74, 6) is 0. The molecule has 0 aromatic heterocycles. The largest absolute Gasteiger partial charge is 0.303 e. The van der Waals surface area contributed by atoms with Crippen LogP contribution in [0.15, 0.2) is 0 Å². The van der Waals surface area contributed by atoms with Gasteiger partial charge in [0, 0.05) is 12.5 Å². The Balaban J connectivity index is 2.13. The summed E-state index contributed by atoms with van der Waals surface area (Å²) < 4.78 is 0. The summed E-state index contributed by atoms with van der Waals surface area (Å²) in [5.41, 5.74) is 0. The molecule has 0 aromatic carbocycles. The van der Waals surface area contributed by atoms with Crippen molar-refractivity contribution in [3.63, 3.8) is 0 Å². The highest BCUT2D eigenvalue weighted by atomic mass is 16.1. The monoisotopic (exact) mass is 211 g/mol. The van der Waals surface area contributed by atoms with Gasteiger partial charge in [-0.05, 0) is 32.4 Å². The molecule has 1 rings (SSSR count). The summed E-state index contributed by atoms with van der Waals surface area (Å²) in [7, 11) is 0. The molecule has 0 amide bonds. The molecule has 0 saturated carbocycles. The Kier molecular flexibility index (Phi) is 6.66. The zero-order chi connectivity index (χ0) is 10.9. The van der Waals surface area contributed by atoms with Crippen molar-refractivity contribution in [3.8, 4) is 0 Å². The summed E-state index contributed by atoms with van der Waals surface area (Å²) in [6, 6.07) is 0.695. The lowest BCUT2D eigenvalue weighted by Crippen LogP contribution is -2.45. The standard InChI is InChI=1S/C13H25NO/c1-2-3-4-5-8-13(9-6-12-15)14-10-7-11-14/h12-13H,2-11H2,1H3. The first kappa shape index (κ1) is 12.7. The number of likely N-dealkylation sites (tertiary alicyclic amines) is 1. The molecule has 1 unspecified atom stereocenters. The third-order valence-corrected chi connectivity index (χ3v) is 3.42. The van der Waals surface area contributed by atoms with Crippen LogP contribution in [0.4, 0.5) is 0 Å². The molecule has 0 radical (unpaired) electrons. The first-order valence-electron chi connectivity index (χ1n) is 6.56. The van der Waals surface area contributed by atoms with Gasteiger partial charge in [0.1, 0.15) is 6.29 Å². The zero-order valence-electron chi connectivity index (χ0n) is 10.1. The van der Waals surface area contributed by atoms with Crippen LogP contribution in [-0.2, 0) is 4.79 Å². The van der Waals surface area contributed by atoms with Crippen molar-refractivity contribution in [2.75, 3.05) is 13.1 Å². The lowest BCUT2D eigenvalue weighted by atomic mass is 9.99. The average Bonchev–Trinajstić information content (AvgIpc) is 2.17. The van der Waals surface area contributed by atoms with Crippen molar-refractivity contribution in [2.24, 2.45) is 0 Å². The Morgan fingerprint density at radius 3 is 2.53 bits per heavy atom. The minimum absolute atomic E-state index is 0.695. The van der Waals surface area contributed by atoms with Gasteiger partial charge in [0.25, 0.3) is 0 Å². The third-order valence-electron chi connectivity index (χ3n) is 3.42. The van der Waals surface area contributed by atoms with E-state index in [1.165, 1.54) is 51.6 Å². The molecular formula is C13H25NO. The molecule has 0 aliphatic carbocycles. The van der Waals surface area contributed by atoms with Crippen LogP contribution < -0.4 is 0 Å². The van der Waals surface area contributed by atoms with E-state index in [0.717, 1.165) is 19.1 Å². The molecule has 1 saturated heterocycles. The van der Waals surface area contributed by atoms with Crippen molar-refractivity contribution in [1.29, 1.82) is 0 Å². The van der Waals surface area contributed by atoms with Crippen LogP contribution in [0.2, 0.25) is 0 Å². The molecular weight excluding hydrogens is 186 g/mol. The Labute approximate surface area is 94.0 Å². The maximum absolute atomic E-state index is 10.4. The molecule has 0 bridgehead atoms. The third kappa shape index (κ3) is 4.78. The van der Waals surface area contributed by atoms with E-state index >= 15 is 0 Å². The maximum atomic E-state index is 10.4. The molecule has 1 fully saturated rings. The second-order valence-corrected chi connectivity index (χ2v) is 4.64. The molecule has 1 aliphatic heterocycles. The van der Waals surface area contributed by atoms with Crippen LogP contribution in [0, 0.1) is 0 Å². The zero-order valence-corrected chi connectivity index (χ0v) is 10.1. The van der Waals surface area contributed by atoms with Gasteiger partial charge in [-0.15, -0.1) is 0 Å². The number of hydrogen-bond donors (Lipinski definition) is 0. The van der Waals surface area contributed by atoms with Crippen molar-refractivity contribution in [3.05, 3.63) is 0 Å². The number of rotatable bonds is 9. The number of hydrogen-bond acceptors (Lipinski definition) is 2. The maximum Gasteiger partial charge on any atom is 0.120 e. The van der Waals surface area contributed by atoms with E-state index in [1.807, 2.05) is 0 Å². The predicted molar refractivity (Wildman–Crippen MR) is 64.0 cm³/mol. The van der Waals surface area contributed by atoms with Crippen LogP contribution in [0.25, 0.3) is 0 Å². The van der Waals surface area contributed by atoms with Gasteiger partial charge in [-0.25, -0.2) is 0 Å². The van der Waals surface area contributed by atoms with Crippen molar-refractivity contribution in [1.82, 2.24) is 4.90 Å². The molecule has 2 heteroatoms. The van der Waals surface area contributed by atoms with Gasteiger partial charge in [0.15, 0.2) is 0 Å². The van der Waals surface area contributed by atoms with E-state index in [1.54, 1.807) is 0 Å². The molecule has 1 heterocycles. The van der Waals surface area contributed by atoms with Crippen LogP contribution in [0.3, 0.4) is 0 Å². The highest BCUT2D eigenvalue weighted by Crippen LogP contribution is 2.20. The first-order valence-corrected chi connectivity index (χ1v) is 6.56. The van der Waals surface area contributed by atoms with E-state index in [4.69, 9.17) is 0 Å². The fourth-order valence-electron chi connectivity index (χ4n) is 2.28. The molecule has 0 aromatic rings. The number of carbonyl (C=O) groups is 1. The van der Waals surface area contributed by atoms with Gasteiger partial charge >= 0.3 is 0 Å². The Hall–Kier alpha value is -0.370. The van der Waals surface area contributed by atoms with Gasteiger partial charge in [-0.2, -0.15) is 0 Å². The summed E-state index contributed by atoms with van der Waals surface area (Å²) in [6.45, 7) is 4.77. The van der Waals surface area contributed by atoms with E-state index in [0.29, 0.717) is 6.04 Å². The highest BCUT2D eigenvalue weighted by Gasteiger charge is 2.22. The normalized spacial score (nSPS) is 18.5. The average molecular weight is 211 g/mol. The van der Waals surface area contributed by atoms with Crippen molar-refractivity contribution < 1.29 is 4.79 Å². The van der Waals surface area contributed by atoms with Gasteiger partial charge in [-0.1, -0.05) is 32.6 Å². The van der Waals surface area contributed by atoms with Gasteiger partial charge < -0.3 is 9.69 Å². The number of aldehydes is 1. The van der Waals surface area contributed by atoms with Gasteiger partial charge in [0.05, 0.1) is 0 Å². The SMILES string of the molecule is CCCCCCC(CCC=O)N1CCC1. The minimum Gasteiger partial charge on any atom is -0.303 e. The van der Waals surface area contributed by atoms with E-state index in [9.17, 15) is 4.79 Å². The number of unbranched alkanes of at least 4 members (excludes halogenated alkanes) is 3. The predicted octanol–water partition coefficient (Wildman–Crippen LogP) is 3.01. The van der Waals surface area contributed by atoms with E-state index < -0.39 is 0 Å². The van der Waals surface area contributed by atoms with Crippen molar-refractivity contribution >= 4 is 6.29 Å². The fraction of sp³-hybridized carbons (Fsp3) is 0.923. The smallest absolute Gasteiger partial charge is 0.120 e. The Morgan fingerprint density at radius 2 is 2.00 bits per heavy atom. The van der Waals surface area contributed by atoms with Crippen LogP contribution in [0.1, 0.15) is 58.3 Å². The van der Waals surface area contributed by atoms with Crippen LogP contribution >= 0.6 is 0 Å². The lowest BCUT2D eigenvalue weighted by Gasteiger charge is -2.38. The second kappa shape index (κ2) is 7.86. The van der Waals surface area contributed by atoms with Crippen LogP contribution in [-0.4, -0.2) is 30.3 Å². The van der Waals surface area contributed by atoms with Gasteiger partial charge in [0.2, 0.25) is 0 Å². The molecule has 15 heavy (non-hydrogen) atoms. The van der Waals surface area contributed by atoms with Crippen LogP contribution in [0.5, 0.6) is 0 Å². The summed E-state index contributed by atoms with van der Waals surface area (Å²) in [4.78, 5) is 12.9. The molecule has 2 nitrogen and oxygen atoms in total.